The summed E-state index contributed by atoms with van der Waals surface area (Å²) >= 11 is 0. The molecule has 1 heterocycles. The zero-order chi connectivity index (χ0) is 13.0. The molecule has 1 aliphatic rings. The quantitative estimate of drug-likeness (QED) is 0.787. The van der Waals surface area contributed by atoms with Crippen molar-refractivity contribution in [3.8, 4) is 0 Å². The van der Waals surface area contributed by atoms with E-state index in [9.17, 15) is 9.59 Å². The first-order chi connectivity index (χ1) is 8.65. The SMILES string of the molecule is O=C(O)CC(NC(=O)Cc1ccncc1)C1CC1. The molecular formula is C13H16N2O3. The van der Waals surface area contributed by atoms with Crippen LogP contribution >= 0.6 is 0 Å². The van der Waals surface area contributed by atoms with Crippen molar-refractivity contribution in [3.05, 3.63) is 30.1 Å². The number of carbonyl (C=O) groups is 2. The molecule has 96 valence electrons. The number of pyridine rings is 1. The van der Waals surface area contributed by atoms with Gasteiger partial charge in [-0.1, -0.05) is 0 Å². The Balaban J connectivity index is 1.87. The van der Waals surface area contributed by atoms with Crippen LogP contribution in [0.2, 0.25) is 0 Å². The average molecular weight is 248 g/mol. The molecular weight excluding hydrogens is 232 g/mol. The van der Waals surface area contributed by atoms with E-state index in [1.165, 1.54) is 0 Å². The van der Waals surface area contributed by atoms with Crippen molar-refractivity contribution in [3.63, 3.8) is 0 Å². The minimum atomic E-state index is -0.865. The number of aromatic nitrogens is 1. The highest BCUT2D eigenvalue weighted by Crippen LogP contribution is 2.34. The van der Waals surface area contributed by atoms with Crippen molar-refractivity contribution in [2.75, 3.05) is 0 Å². The van der Waals surface area contributed by atoms with Gasteiger partial charge in [-0.25, -0.2) is 0 Å². The number of amides is 1. The van der Waals surface area contributed by atoms with Gasteiger partial charge in [-0.3, -0.25) is 14.6 Å². The third kappa shape index (κ3) is 3.84. The molecule has 2 rings (SSSR count). The average Bonchev–Trinajstić information content (AvgIpc) is 3.12. The van der Waals surface area contributed by atoms with Crippen LogP contribution in [0.4, 0.5) is 0 Å². The second-order valence-corrected chi connectivity index (χ2v) is 4.64. The van der Waals surface area contributed by atoms with Gasteiger partial charge in [-0.15, -0.1) is 0 Å². The molecule has 1 aliphatic carbocycles. The van der Waals surface area contributed by atoms with Gasteiger partial charge in [0.05, 0.1) is 12.8 Å². The van der Waals surface area contributed by atoms with Gasteiger partial charge in [-0.2, -0.15) is 0 Å². The molecule has 1 unspecified atom stereocenters. The monoisotopic (exact) mass is 248 g/mol. The van der Waals surface area contributed by atoms with E-state index in [2.05, 4.69) is 10.3 Å². The van der Waals surface area contributed by atoms with E-state index >= 15 is 0 Å². The number of nitrogens with one attached hydrogen (secondary N) is 1. The fourth-order valence-electron chi connectivity index (χ4n) is 1.97. The minimum Gasteiger partial charge on any atom is -0.481 e. The summed E-state index contributed by atoms with van der Waals surface area (Å²) in [6.07, 6.45) is 5.57. The topological polar surface area (TPSA) is 79.3 Å². The van der Waals surface area contributed by atoms with Crippen molar-refractivity contribution in [2.24, 2.45) is 5.92 Å². The smallest absolute Gasteiger partial charge is 0.305 e. The Bertz CT molecular complexity index is 429. The van der Waals surface area contributed by atoms with Crippen molar-refractivity contribution in [1.82, 2.24) is 10.3 Å². The van der Waals surface area contributed by atoms with Crippen LogP contribution in [0, 0.1) is 5.92 Å². The molecule has 5 nitrogen and oxygen atoms in total. The Kier molecular flexibility index (Phi) is 3.92. The van der Waals surface area contributed by atoms with Crippen LogP contribution < -0.4 is 5.32 Å². The molecule has 1 saturated carbocycles. The maximum absolute atomic E-state index is 11.8. The number of rotatable bonds is 6. The summed E-state index contributed by atoms with van der Waals surface area (Å²) in [7, 11) is 0. The van der Waals surface area contributed by atoms with Crippen LogP contribution in [0.3, 0.4) is 0 Å². The van der Waals surface area contributed by atoms with Crippen LogP contribution in [-0.2, 0) is 16.0 Å². The fourth-order valence-corrected chi connectivity index (χ4v) is 1.97. The van der Waals surface area contributed by atoms with Crippen molar-refractivity contribution >= 4 is 11.9 Å². The Morgan fingerprint density at radius 3 is 2.61 bits per heavy atom. The largest absolute Gasteiger partial charge is 0.481 e. The molecule has 1 aromatic heterocycles. The summed E-state index contributed by atoms with van der Waals surface area (Å²) in [4.78, 5) is 26.4. The van der Waals surface area contributed by atoms with Crippen LogP contribution in [0.25, 0.3) is 0 Å². The summed E-state index contributed by atoms with van der Waals surface area (Å²) in [5.74, 6) is -0.655. The molecule has 1 fully saturated rings. The van der Waals surface area contributed by atoms with E-state index in [-0.39, 0.29) is 24.8 Å². The number of carboxylic acids is 1. The highest BCUT2D eigenvalue weighted by Gasteiger charge is 2.33. The Labute approximate surface area is 105 Å². The Morgan fingerprint density at radius 2 is 2.06 bits per heavy atom. The maximum atomic E-state index is 11.8. The molecule has 0 spiro atoms. The van der Waals surface area contributed by atoms with E-state index in [0.717, 1.165) is 18.4 Å². The van der Waals surface area contributed by atoms with E-state index in [4.69, 9.17) is 5.11 Å². The molecule has 1 amide bonds. The van der Waals surface area contributed by atoms with Crippen molar-refractivity contribution in [1.29, 1.82) is 0 Å². The number of carboxylic acid groups (broad SMARTS) is 1. The van der Waals surface area contributed by atoms with Crippen molar-refractivity contribution < 1.29 is 14.7 Å². The normalized spacial score (nSPS) is 16.0. The van der Waals surface area contributed by atoms with Crippen molar-refractivity contribution in [2.45, 2.75) is 31.7 Å². The Morgan fingerprint density at radius 1 is 1.39 bits per heavy atom. The van der Waals surface area contributed by atoms with Gasteiger partial charge < -0.3 is 10.4 Å². The molecule has 1 atom stereocenters. The minimum absolute atomic E-state index is 0.00670. The van der Waals surface area contributed by atoms with E-state index < -0.39 is 5.97 Å². The third-order valence-corrected chi connectivity index (χ3v) is 3.05. The molecule has 2 N–H and O–H groups in total. The van der Waals surface area contributed by atoms with Gasteiger partial charge in [0.25, 0.3) is 0 Å². The summed E-state index contributed by atoms with van der Waals surface area (Å²) in [5.41, 5.74) is 0.882. The second kappa shape index (κ2) is 5.62. The van der Waals surface area contributed by atoms with Gasteiger partial charge in [0.15, 0.2) is 0 Å². The molecule has 0 aliphatic heterocycles. The number of hydrogen-bond acceptors (Lipinski definition) is 3. The lowest BCUT2D eigenvalue weighted by Crippen LogP contribution is -2.38. The fraction of sp³-hybridized carbons (Fsp3) is 0.462. The van der Waals surface area contributed by atoms with Crippen LogP contribution in [0.15, 0.2) is 24.5 Å². The zero-order valence-corrected chi connectivity index (χ0v) is 10.0. The lowest BCUT2D eigenvalue weighted by molar-refractivity contribution is -0.137. The van der Waals surface area contributed by atoms with Gasteiger partial charge in [-0.05, 0) is 36.5 Å². The predicted octanol–water partition coefficient (Wildman–Crippen LogP) is 0.994. The summed E-state index contributed by atoms with van der Waals surface area (Å²) < 4.78 is 0. The molecule has 1 aromatic rings. The summed E-state index contributed by atoms with van der Waals surface area (Å²) in [5, 5.41) is 11.6. The van der Waals surface area contributed by atoms with Gasteiger partial charge in [0.1, 0.15) is 0 Å². The standard InChI is InChI=1S/C13H16N2O3/c16-12(7-9-3-5-14-6-4-9)15-11(8-13(17)18)10-1-2-10/h3-6,10-11H,1-2,7-8H2,(H,15,16)(H,17,18). The number of aliphatic carboxylic acids is 1. The van der Waals surface area contributed by atoms with Gasteiger partial charge in [0, 0.05) is 18.4 Å². The summed E-state index contributed by atoms with van der Waals surface area (Å²) in [6, 6.07) is 3.34. The number of nitrogens with zero attached hydrogens (tertiary/aromatic N) is 1. The molecule has 0 aromatic carbocycles. The van der Waals surface area contributed by atoms with E-state index in [0.29, 0.717) is 5.92 Å². The molecule has 18 heavy (non-hydrogen) atoms. The third-order valence-electron chi connectivity index (χ3n) is 3.05. The van der Waals surface area contributed by atoms with E-state index in [1.54, 1.807) is 24.5 Å². The van der Waals surface area contributed by atoms with Gasteiger partial charge >= 0.3 is 5.97 Å². The predicted molar refractivity (Wildman–Crippen MR) is 64.8 cm³/mol. The van der Waals surface area contributed by atoms with Crippen LogP contribution in [0.5, 0.6) is 0 Å². The van der Waals surface area contributed by atoms with E-state index in [1.807, 2.05) is 0 Å². The van der Waals surface area contributed by atoms with Gasteiger partial charge in [0.2, 0.25) is 5.91 Å². The maximum Gasteiger partial charge on any atom is 0.305 e. The number of hydrogen-bond donors (Lipinski definition) is 2. The lowest BCUT2D eigenvalue weighted by atomic mass is 10.1. The first-order valence-electron chi connectivity index (χ1n) is 6.05. The number of carbonyl (C=O) groups excluding carboxylic acids is 1. The van der Waals surface area contributed by atoms with Crippen LogP contribution in [-0.4, -0.2) is 28.0 Å². The van der Waals surface area contributed by atoms with Crippen LogP contribution in [0.1, 0.15) is 24.8 Å². The first-order valence-corrected chi connectivity index (χ1v) is 6.05. The first kappa shape index (κ1) is 12.5. The highest BCUT2D eigenvalue weighted by molar-refractivity contribution is 5.79. The molecule has 0 bridgehead atoms. The Hall–Kier alpha value is -1.91. The highest BCUT2D eigenvalue weighted by atomic mass is 16.4. The summed E-state index contributed by atoms with van der Waals surface area (Å²) in [6.45, 7) is 0. The molecule has 0 saturated heterocycles. The molecule has 0 radical (unpaired) electrons. The second-order valence-electron chi connectivity index (χ2n) is 4.64. The molecule has 5 heteroatoms. The zero-order valence-electron chi connectivity index (χ0n) is 10.0. The lowest BCUT2D eigenvalue weighted by Gasteiger charge is -2.16.